The highest BCUT2D eigenvalue weighted by Crippen LogP contribution is 2.40. The van der Waals surface area contributed by atoms with Gasteiger partial charge in [0.25, 0.3) is 0 Å². The number of rotatable bonds is 5. The molecule has 26 heavy (non-hydrogen) atoms. The van der Waals surface area contributed by atoms with Gasteiger partial charge in [-0.3, -0.25) is 0 Å². The van der Waals surface area contributed by atoms with Crippen LogP contribution in [0, 0.1) is 23.4 Å². The fourth-order valence-corrected chi connectivity index (χ4v) is 4.10. The van der Waals surface area contributed by atoms with Crippen molar-refractivity contribution in [2.75, 3.05) is 0 Å². The molecule has 2 aromatic carbocycles. The summed E-state index contributed by atoms with van der Waals surface area (Å²) in [6.45, 7) is 1.24. The Kier molecular flexibility index (Phi) is 6.00. The molecule has 0 aromatic heterocycles. The summed E-state index contributed by atoms with van der Waals surface area (Å²) in [5, 5.41) is 0. The third-order valence-electron chi connectivity index (χ3n) is 5.60. The summed E-state index contributed by atoms with van der Waals surface area (Å²) in [6.07, 6.45) is 6.21. The molecule has 1 fully saturated rings. The molecular formula is C22H24F4. The van der Waals surface area contributed by atoms with E-state index in [1.165, 1.54) is 24.6 Å². The van der Waals surface area contributed by atoms with Crippen molar-refractivity contribution in [1.82, 2.24) is 0 Å². The number of benzene rings is 2. The van der Waals surface area contributed by atoms with Gasteiger partial charge in [0, 0.05) is 11.1 Å². The molecule has 0 heterocycles. The van der Waals surface area contributed by atoms with Crippen LogP contribution in [0.3, 0.4) is 0 Å². The average Bonchev–Trinajstić information content (AvgIpc) is 2.65. The first-order valence-electron chi connectivity index (χ1n) is 9.37. The van der Waals surface area contributed by atoms with Crippen molar-refractivity contribution in [2.45, 2.75) is 58.0 Å². The highest BCUT2D eigenvalue weighted by Gasteiger charge is 2.26. The second kappa shape index (κ2) is 8.24. The first kappa shape index (κ1) is 18.9. The molecule has 1 aliphatic carbocycles. The lowest BCUT2D eigenvalue weighted by Crippen LogP contribution is -2.15. The summed E-state index contributed by atoms with van der Waals surface area (Å²) in [5.41, 5.74) is 0.557. The molecule has 0 unspecified atom stereocenters. The third kappa shape index (κ3) is 3.79. The van der Waals surface area contributed by atoms with Crippen LogP contribution < -0.4 is 0 Å². The van der Waals surface area contributed by atoms with Crippen LogP contribution in [0.5, 0.6) is 0 Å². The maximum absolute atomic E-state index is 14.7. The minimum atomic E-state index is -0.953. The van der Waals surface area contributed by atoms with E-state index in [-0.39, 0.29) is 22.6 Å². The van der Waals surface area contributed by atoms with E-state index in [4.69, 9.17) is 0 Å². The van der Waals surface area contributed by atoms with E-state index in [9.17, 15) is 17.6 Å². The van der Waals surface area contributed by atoms with Gasteiger partial charge in [-0.15, -0.1) is 0 Å². The summed E-state index contributed by atoms with van der Waals surface area (Å²) in [7, 11) is 0. The highest BCUT2D eigenvalue weighted by atomic mass is 19.2. The molecule has 0 spiro atoms. The van der Waals surface area contributed by atoms with Crippen molar-refractivity contribution in [1.29, 1.82) is 0 Å². The molecule has 0 aliphatic heterocycles. The van der Waals surface area contributed by atoms with Crippen LogP contribution in [0.15, 0.2) is 30.3 Å². The van der Waals surface area contributed by atoms with Gasteiger partial charge in [0.05, 0.1) is 0 Å². The largest absolute Gasteiger partial charge is 0.246 e. The van der Waals surface area contributed by atoms with Gasteiger partial charge in [-0.05, 0) is 54.7 Å². The predicted octanol–water partition coefficient (Wildman–Crippen LogP) is 7.31. The second-order valence-electron chi connectivity index (χ2n) is 7.28. The van der Waals surface area contributed by atoms with Crippen molar-refractivity contribution in [3.05, 3.63) is 58.9 Å². The Bertz CT molecular complexity index is 761. The Balaban J connectivity index is 1.84. The normalized spacial score (nSPS) is 20.3. The number of alkyl halides is 1. The lowest BCUT2D eigenvalue weighted by Gasteiger charge is -2.29. The lowest BCUT2D eigenvalue weighted by molar-refractivity contribution is 0.303. The molecule has 140 valence electrons. The summed E-state index contributed by atoms with van der Waals surface area (Å²) in [6, 6.07) is 6.88. The molecule has 2 aromatic rings. The first-order valence-corrected chi connectivity index (χ1v) is 9.37. The molecule has 1 aliphatic rings. The number of hydrogen-bond donors (Lipinski definition) is 0. The Morgan fingerprint density at radius 1 is 0.923 bits per heavy atom. The number of hydrogen-bond acceptors (Lipinski definition) is 0. The maximum atomic E-state index is 14.7. The van der Waals surface area contributed by atoms with Crippen molar-refractivity contribution in [3.63, 3.8) is 0 Å². The zero-order chi connectivity index (χ0) is 18.7. The van der Waals surface area contributed by atoms with E-state index in [0.29, 0.717) is 11.5 Å². The van der Waals surface area contributed by atoms with Crippen LogP contribution in [0.25, 0.3) is 11.1 Å². The Hall–Kier alpha value is -1.84. The van der Waals surface area contributed by atoms with Gasteiger partial charge in [-0.1, -0.05) is 44.0 Å². The monoisotopic (exact) mass is 364 g/mol. The topological polar surface area (TPSA) is 0 Å². The second-order valence-corrected chi connectivity index (χ2v) is 7.28. The van der Waals surface area contributed by atoms with Gasteiger partial charge in [0.1, 0.15) is 12.5 Å². The Morgan fingerprint density at radius 2 is 1.65 bits per heavy atom. The lowest BCUT2D eigenvalue weighted by atomic mass is 9.77. The van der Waals surface area contributed by atoms with E-state index in [1.807, 2.05) is 0 Å². The van der Waals surface area contributed by atoms with E-state index in [0.717, 1.165) is 38.2 Å². The molecule has 0 bridgehead atoms. The molecule has 0 amide bonds. The summed E-state index contributed by atoms with van der Waals surface area (Å²) >= 11 is 0. The van der Waals surface area contributed by atoms with E-state index in [2.05, 4.69) is 6.92 Å². The minimum absolute atomic E-state index is 0.00947. The molecule has 3 rings (SSSR count). The molecule has 0 radical (unpaired) electrons. The van der Waals surface area contributed by atoms with Crippen molar-refractivity contribution < 1.29 is 17.6 Å². The standard InChI is InChI=1S/C22H24F4/c1-2-3-14-4-6-15(7-5-14)18-10-11-19(22(26)21(18)25)16-8-9-17(13-23)20(24)12-16/h8-12,14-15H,2-7,13H2,1H3. The van der Waals surface area contributed by atoms with E-state index in [1.54, 1.807) is 6.07 Å². The SMILES string of the molecule is CCCC1CCC(c2ccc(-c3ccc(CF)c(F)c3)c(F)c2F)CC1. The Labute approximate surface area is 152 Å². The molecule has 1 saturated carbocycles. The van der Waals surface area contributed by atoms with Crippen molar-refractivity contribution in [2.24, 2.45) is 5.92 Å². The van der Waals surface area contributed by atoms with Crippen LogP contribution in [-0.2, 0) is 6.67 Å². The smallest absolute Gasteiger partial charge is 0.166 e. The molecule has 0 N–H and O–H groups in total. The molecular weight excluding hydrogens is 340 g/mol. The molecule has 0 nitrogen and oxygen atoms in total. The third-order valence-corrected chi connectivity index (χ3v) is 5.60. The van der Waals surface area contributed by atoms with E-state index >= 15 is 0 Å². The van der Waals surface area contributed by atoms with Crippen molar-refractivity contribution >= 4 is 0 Å². The van der Waals surface area contributed by atoms with Crippen LogP contribution in [0.1, 0.15) is 62.5 Å². The van der Waals surface area contributed by atoms with Crippen LogP contribution in [-0.4, -0.2) is 0 Å². The van der Waals surface area contributed by atoms with Crippen LogP contribution in [0.4, 0.5) is 17.6 Å². The highest BCUT2D eigenvalue weighted by molar-refractivity contribution is 5.65. The first-order chi connectivity index (χ1) is 12.5. The fourth-order valence-electron chi connectivity index (χ4n) is 4.10. The van der Waals surface area contributed by atoms with Crippen molar-refractivity contribution in [3.8, 4) is 11.1 Å². The predicted molar refractivity (Wildman–Crippen MR) is 96.2 cm³/mol. The summed E-state index contributed by atoms with van der Waals surface area (Å²) < 4.78 is 55.7. The minimum Gasteiger partial charge on any atom is -0.246 e. The quantitative estimate of drug-likeness (QED) is 0.488. The molecule has 0 atom stereocenters. The van der Waals surface area contributed by atoms with Gasteiger partial charge < -0.3 is 0 Å². The Morgan fingerprint density at radius 3 is 2.27 bits per heavy atom. The van der Waals surface area contributed by atoms with Gasteiger partial charge in [0.2, 0.25) is 0 Å². The van der Waals surface area contributed by atoms with E-state index < -0.39 is 24.1 Å². The van der Waals surface area contributed by atoms with Gasteiger partial charge >= 0.3 is 0 Å². The zero-order valence-corrected chi connectivity index (χ0v) is 15.0. The van der Waals surface area contributed by atoms with Gasteiger partial charge in [-0.25, -0.2) is 17.6 Å². The maximum Gasteiger partial charge on any atom is 0.166 e. The zero-order valence-electron chi connectivity index (χ0n) is 15.0. The molecule has 4 heteroatoms. The van der Waals surface area contributed by atoms with Crippen LogP contribution in [0.2, 0.25) is 0 Å². The van der Waals surface area contributed by atoms with Gasteiger partial charge in [-0.2, -0.15) is 0 Å². The number of halogens is 4. The van der Waals surface area contributed by atoms with Gasteiger partial charge in [0.15, 0.2) is 11.6 Å². The summed E-state index contributed by atoms with van der Waals surface area (Å²) in [4.78, 5) is 0. The average molecular weight is 364 g/mol. The molecule has 0 saturated heterocycles. The fraction of sp³-hybridized carbons (Fsp3) is 0.455. The van der Waals surface area contributed by atoms with Crippen LogP contribution >= 0.6 is 0 Å². The summed E-state index contributed by atoms with van der Waals surface area (Å²) in [5.74, 6) is -1.80.